The van der Waals surface area contributed by atoms with Crippen LogP contribution in [0.5, 0.6) is 0 Å². The predicted molar refractivity (Wildman–Crippen MR) is 63.2 cm³/mol. The number of hydrogen-bond acceptors (Lipinski definition) is 2. The molecule has 1 saturated carbocycles. The van der Waals surface area contributed by atoms with E-state index in [1.54, 1.807) is 0 Å². The molecule has 0 bridgehead atoms. The predicted octanol–water partition coefficient (Wildman–Crippen LogP) is 3.04. The number of rotatable bonds is 1. The first-order valence-electron chi connectivity index (χ1n) is 5.24. The van der Waals surface area contributed by atoms with Gasteiger partial charge in [0.25, 0.3) is 0 Å². The van der Waals surface area contributed by atoms with Gasteiger partial charge in [0.15, 0.2) is 0 Å². The average Bonchev–Trinajstić information content (AvgIpc) is 2.48. The Morgan fingerprint density at radius 3 is 2.54 bits per heavy atom. The standard InChI is InChI=1S/C10H17NS2/c1-8-7-13-10(12)11(8)9-5-3-2-4-6-9/h8-9H,2-7H2,1H3. The zero-order valence-electron chi connectivity index (χ0n) is 8.16. The molecule has 0 aromatic heterocycles. The number of hydrogen-bond donors (Lipinski definition) is 0. The van der Waals surface area contributed by atoms with Crippen LogP contribution >= 0.6 is 24.0 Å². The second kappa shape index (κ2) is 4.18. The zero-order valence-corrected chi connectivity index (χ0v) is 9.79. The Morgan fingerprint density at radius 2 is 2.00 bits per heavy atom. The summed E-state index contributed by atoms with van der Waals surface area (Å²) >= 11 is 7.25. The lowest BCUT2D eigenvalue weighted by Gasteiger charge is -2.35. The molecule has 2 aliphatic rings. The fourth-order valence-electron chi connectivity index (χ4n) is 2.39. The molecule has 2 rings (SSSR count). The van der Waals surface area contributed by atoms with E-state index in [0.29, 0.717) is 6.04 Å². The van der Waals surface area contributed by atoms with Crippen LogP contribution in [0.25, 0.3) is 0 Å². The molecular formula is C10H17NS2. The van der Waals surface area contributed by atoms with Crippen molar-refractivity contribution < 1.29 is 0 Å². The third kappa shape index (κ3) is 2.01. The highest BCUT2D eigenvalue weighted by Gasteiger charge is 2.31. The Hall–Kier alpha value is 0.240. The second-order valence-corrected chi connectivity index (χ2v) is 5.78. The minimum absolute atomic E-state index is 0.681. The normalized spacial score (nSPS) is 31.3. The molecule has 1 aliphatic carbocycles. The molecule has 1 nitrogen and oxygen atoms in total. The van der Waals surface area contributed by atoms with Gasteiger partial charge in [-0.1, -0.05) is 43.2 Å². The van der Waals surface area contributed by atoms with Crippen molar-refractivity contribution in [3.8, 4) is 0 Å². The summed E-state index contributed by atoms with van der Waals surface area (Å²) in [5.41, 5.74) is 0. The molecule has 13 heavy (non-hydrogen) atoms. The van der Waals surface area contributed by atoms with E-state index in [2.05, 4.69) is 11.8 Å². The van der Waals surface area contributed by atoms with Crippen LogP contribution < -0.4 is 0 Å². The van der Waals surface area contributed by atoms with Crippen LogP contribution in [-0.2, 0) is 0 Å². The molecule has 0 aromatic carbocycles. The van der Waals surface area contributed by atoms with E-state index in [1.807, 2.05) is 11.8 Å². The SMILES string of the molecule is CC1CSC(=S)N1C1CCCCC1. The van der Waals surface area contributed by atoms with Gasteiger partial charge >= 0.3 is 0 Å². The van der Waals surface area contributed by atoms with Gasteiger partial charge in [0.2, 0.25) is 0 Å². The van der Waals surface area contributed by atoms with E-state index >= 15 is 0 Å². The minimum Gasteiger partial charge on any atom is -0.351 e. The van der Waals surface area contributed by atoms with E-state index in [-0.39, 0.29) is 0 Å². The Kier molecular flexibility index (Phi) is 3.14. The number of nitrogens with zero attached hydrogens (tertiary/aromatic N) is 1. The summed E-state index contributed by atoms with van der Waals surface area (Å²) in [5.74, 6) is 1.20. The maximum absolute atomic E-state index is 5.39. The zero-order chi connectivity index (χ0) is 9.26. The smallest absolute Gasteiger partial charge is 0.136 e. The van der Waals surface area contributed by atoms with E-state index in [9.17, 15) is 0 Å². The first-order valence-corrected chi connectivity index (χ1v) is 6.63. The van der Waals surface area contributed by atoms with Crippen molar-refractivity contribution in [3.63, 3.8) is 0 Å². The van der Waals surface area contributed by atoms with E-state index in [4.69, 9.17) is 12.2 Å². The lowest BCUT2D eigenvalue weighted by atomic mass is 9.94. The van der Waals surface area contributed by atoms with Gasteiger partial charge in [-0.25, -0.2) is 0 Å². The molecule has 1 aliphatic heterocycles. The second-order valence-electron chi connectivity index (χ2n) is 4.13. The topological polar surface area (TPSA) is 3.24 Å². The first-order chi connectivity index (χ1) is 6.29. The number of thiocarbonyl (C=S) groups is 1. The van der Waals surface area contributed by atoms with Crippen LogP contribution in [0.2, 0.25) is 0 Å². The summed E-state index contributed by atoms with van der Waals surface area (Å²) in [6, 6.07) is 1.45. The van der Waals surface area contributed by atoms with Gasteiger partial charge in [-0.3, -0.25) is 0 Å². The molecule has 0 amide bonds. The van der Waals surface area contributed by atoms with E-state index < -0.39 is 0 Å². The van der Waals surface area contributed by atoms with E-state index in [1.165, 1.54) is 37.9 Å². The Balaban J connectivity index is 2.00. The largest absolute Gasteiger partial charge is 0.351 e. The molecule has 3 heteroatoms. The van der Waals surface area contributed by atoms with Gasteiger partial charge in [-0.05, 0) is 19.8 Å². The summed E-state index contributed by atoms with van der Waals surface area (Å²) in [6.45, 7) is 2.31. The van der Waals surface area contributed by atoms with Crippen LogP contribution in [0.4, 0.5) is 0 Å². The summed E-state index contributed by atoms with van der Waals surface area (Å²) in [7, 11) is 0. The lowest BCUT2D eigenvalue weighted by molar-refractivity contribution is 0.223. The fourth-order valence-corrected chi connectivity index (χ4v) is 3.95. The van der Waals surface area contributed by atoms with Gasteiger partial charge in [-0.2, -0.15) is 0 Å². The van der Waals surface area contributed by atoms with Crippen LogP contribution in [-0.4, -0.2) is 27.1 Å². The van der Waals surface area contributed by atoms with Crippen LogP contribution in [0, 0.1) is 0 Å². The monoisotopic (exact) mass is 215 g/mol. The third-order valence-corrected chi connectivity index (χ3v) is 4.77. The summed E-state index contributed by atoms with van der Waals surface area (Å²) in [6.07, 6.45) is 6.97. The van der Waals surface area contributed by atoms with Crippen molar-refractivity contribution in [1.29, 1.82) is 0 Å². The molecule has 2 fully saturated rings. The van der Waals surface area contributed by atoms with Gasteiger partial charge < -0.3 is 4.90 Å². The Labute approximate surface area is 90.3 Å². The quantitative estimate of drug-likeness (QED) is 0.619. The molecule has 1 atom stereocenters. The molecule has 0 radical (unpaired) electrons. The summed E-state index contributed by atoms with van der Waals surface area (Å²) in [5, 5.41) is 0. The highest BCUT2D eigenvalue weighted by atomic mass is 32.2. The van der Waals surface area contributed by atoms with Gasteiger partial charge in [0.05, 0.1) is 0 Å². The Morgan fingerprint density at radius 1 is 1.31 bits per heavy atom. The van der Waals surface area contributed by atoms with Crippen molar-refractivity contribution in [2.75, 3.05) is 5.75 Å². The highest BCUT2D eigenvalue weighted by Crippen LogP contribution is 2.32. The van der Waals surface area contributed by atoms with Gasteiger partial charge in [-0.15, -0.1) is 0 Å². The van der Waals surface area contributed by atoms with Crippen molar-refractivity contribution in [2.24, 2.45) is 0 Å². The van der Waals surface area contributed by atoms with E-state index in [0.717, 1.165) is 10.4 Å². The fraction of sp³-hybridized carbons (Fsp3) is 0.900. The number of thioether (sulfide) groups is 1. The van der Waals surface area contributed by atoms with Gasteiger partial charge in [0, 0.05) is 17.8 Å². The highest BCUT2D eigenvalue weighted by molar-refractivity contribution is 8.23. The molecule has 1 saturated heterocycles. The van der Waals surface area contributed by atoms with Crippen molar-refractivity contribution >= 4 is 28.3 Å². The first kappa shape index (κ1) is 9.78. The molecule has 0 N–H and O–H groups in total. The maximum atomic E-state index is 5.39. The molecule has 1 unspecified atom stereocenters. The van der Waals surface area contributed by atoms with Crippen LogP contribution in [0.1, 0.15) is 39.0 Å². The molecule has 0 aromatic rings. The van der Waals surface area contributed by atoms with Crippen molar-refractivity contribution in [2.45, 2.75) is 51.1 Å². The van der Waals surface area contributed by atoms with Crippen LogP contribution in [0.3, 0.4) is 0 Å². The lowest BCUT2D eigenvalue weighted by Crippen LogP contribution is -2.41. The average molecular weight is 215 g/mol. The summed E-state index contributed by atoms with van der Waals surface area (Å²) < 4.78 is 1.15. The summed E-state index contributed by atoms with van der Waals surface area (Å²) in [4.78, 5) is 2.50. The van der Waals surface area contributed by atoms with Crippen molar-refractivity contribution in [3.05, 3.63) is 0 Å². The molecular weight excluding hydrogens is 198 g/mol. The minimum atomic E-state index is 0.681. The molecule has 74 valence electrons. The molecule has 1 heterocycles. The van der Waals surface area contributed by atoms with Crippen molar-refractivity contribution in [1.82, 2.24) is 4.90 Å². The third-order valence-electron chi connectivity index (χ3n) is 3.10. The maximum Gasteiger partial charge on any atom is 0.136 e. The van der Waals surface area contributed by atoms with Crippen LogP contribution in [0.15, 0.2) is 0 Å². The molecule has 0 spiro atoms. The Bertz CT molecular complexity index is 199. The van der Waals surface area contributed by atoms with Gasteiger partial charge in [0.1, 0.15) is 4.32 Å².